The minimum atomic E-state index is -0.305. The van der Waals surface area contributed by atoms with Crippen LogP contribution in [0.15, 0.2) is 24.3 Å². The fourth-order valence-electron chi connectivity index (χ4n) is 1.55. The van der Waals surface area contributed by atoms with E-state index >= 15 is 0 Å². The second-order valence-corrected chi connectivity index (χ2v) is 5.31. The minimum Gasteiger partial charge on any atom is -0.459 e. The third kappa shape index (κ3) is 4.52. The fourth-order valence-corrected chi connectivity index (χ4v) is 1.84. The molecule has 1 aliphatic carbocycles. The molecular formula is C14H18N2O2S. The number of benzene rings is 1. The molecule has 5 heteroatoms. The molecular weight excluding hydrogens is 260 g/mol. The summed E-state index contributed by atoms with van der Waals surface area (Å²) in [5.41, 5.74) is 1.40. The lowest BCUT2D eigenvalue weighted by Crippen LogP contribution is -2.30. The average molecular weight is 278 g/mol. The molecule has 4 nitrogen and oxygen atoms in total. The van der Waals surface area contributed by atoms with Gasteiger partial charge in [0.25, 0.3) is 0 Å². The van der Waals surface area contributed by atoms with Gasteiger partial charge in [-0.1, -0.05) is 0 Å². The molecule has 102 valence electrons. The number of anilines is 1. The Morgan fingerprint density at radius 2 is 1.95 bits per heavy atom. The zero-order valence-corrected chi connectivity index (χ0v) is 11.9. The molecule has 1 aromatic carbocycles. The molecule has 0 amide bonds. The minimum absolute atomic E-state index is 0.111. The van der Waals surface area contributed by atoms with Gasteiger partial charge in [-0.3, -0.25) is 0 Å². The van der Waals surface area contributed by atoms with Gasteiger partial charge in [-0.25, -0.2) is 4.79 Å². The Morgan fingerprint density at radius 1 is 1.32 bits per heavy atom. The molecule has 0 unspecified atom stereocenters. The van der Waals surface area contributed by atoms with Crippen molar-refractivity contribution in [3.05, 3.63) is 29.8 Å². The Kier molecular flexibility index (Phi) is 4.37. The molecule has 2 rings (SSSR count). The fraction of sp³-hybridized carbons (Fsp3) is 0.429. The Balaban J connectivity index is 1.89. The van der Waals surface area contributed by atoms with Crippen molar-refractivity contribution in [2.75, 3.05) is 5.32 Å². The summed E-state index contributed by atoms with van der Waals surface area (Å²) in [5, 5.41) is 6.91. The smallest absolute Gasteiger partial charge is 0.338 e. The van der Waals surface area contributed by atoms with Crippen LogP contribution in [0.3, 0.4) is 0 Å². The second-order valence-electron chi connectivity index (χ2n) is 4.90. The number of esters is 1. The Morgan fingerprint density at radius 3 is 2.47 bits per heavy atom. The number of rotatable bonds is 4. The van der Waals surface area contributed by atoms with Crippen LogP contribution < -0.4 is 10.6 Å². The maximum atomic E-state index is 11.7. The molecule has 0 saturated heterocycles. The molecule has 0 heterocycles. The summed E-state index contributed by atoms with van der Waals surface area (Å²) in [6.07, 6.45) is 2.25. The predicted octanol–water partition coefficient (Wildman–Crippen LogP) is 2.70. The van der Waals surface area contributed by atoms with Crippen molar-refractivity contribution in [1.29, 1.82) is 0 Å². The number of carbonyl (C=O) groups is 1. The van der Waals surface area contributed by atoms with Gasteiger partial charge in [-0.05, 0) is 63.2 Å². The second kappa shape index (κ2) is 6.02. The van der Waals surface area contributed by atoms with Crippen LogP contribution in [0.2, 0.25) is 0 Å². The van der Waals surface area contributed by atoms with Gasteiger partial charge >= 0.3 is 5.97 Å². The van der Waals surface area contributed by atoms with Gasteiger partial charge in [0, 0.05) is 11.7 Å². The highest BCUT2D eigenvalue weighted by Gasteiger charge is 2.21. The molecule has 0 bridgehead atoms. The Hall–Kier alpha value is -1.62. The largest absolute Gasteiger partial charge is 0.459 e. The van der Waals surface area contributed by atoms with Gasteiger partial charge in [0.05, 0.1) is 11.7 Å². The van der Waals surface area contributed by atoms with Crippen molar-refractivity contribution in [2.24, 2.45) is 0 Å². The van der Waals surface area contributed by atoms with E-state index in [9.17, 15) is 4.79 Å². The van der Waals surface area contributed by atoms with E-state index in [-0.39, 0.29) is 12.1 Å². The SMILES string of the molecule is CC(C)OC(=O)c1ccc(NC(=S)NC2CC2)cc1. The zero-order valence-electron chi connectivity index (χ0n) is 11.1. The first-order valence-electron chi connectivity index (χ1n) is 6.43. The highest BCUT2D eigenvalue weighted by Crippen LogP contribution is 2.19. The maximum Gasteiger partial charge on any atom is 0.338 e. The van der Waals surface area contributed by atoms with E-state index in [1.165, 1.54) is 12.8 Å². The molecule has 0 aliphatic heterocycles. The van der Waals surface area contributed by atoms with Gasteiger partial charge in [0.15, 0.2) is 5.11 Å². The summed E-state index contributed by atoms with van der Waals surface area (Å²) in [5.74, 6) is -0.305. The van der Waals surface area contributed by atoms with Gasteiger partial charge in [0.1, 0.15) is 0 Å². The molecule has 0 spiro atoms. The number of nitrogens with one attached hydrogen (secondary N) is 2. The van der Waals surface area contributed by atoms with Crippen molar-refractivity contribution in [1.82, 2.24) is 5.32 Å². The normalized spacial score (nSPS) is 14.1. The quantitative estimate of drug-likeness (QED) is 0.655. The maximum absolute atomic E-state index is 11.7. The van der Waals surface area contributed by atoms with E-state index in [1.54, 1.807) is 12.1 Å². The first-order valence-corrected chi connectivity index (χ1v) is 6.84. The lowest BCUT2D eigenvalue weighted by atomic mass is 10.2. The van der Waals surface area contributed by atoms with E-state index in [4.69, 9.17) is 17.0 Å². The van der Waals surface area contributed by atoms with Crippen molar-refractivity contribution in [3.63, 3.8) is 0 Å². The Labute approximate surface area is 118 Å². The van der Waals surface area contributed by atoms with Crippen LogP contribution in [-0.2, 0) is 4.74 Å². The van der Waals surface area contributed by atoms with Crippen LogP contribution in [0.4, 0.5) is 5.69 Å². The van der Waals surface area contributed by atoms with Crippen molar-refractivity contribution in [2.45, 2.75) is 38.8 Å². The van der Waals surface area contributed by atoms with E-state index in [2.05, 4.69) is 10.6 Å². The standard InChI is InChI=1S/C14H18N2O2S/c1-9(2)18-13(17)10-3-5-11(6-4-10)15-14(19)16-12-7-8-12/h3-6,9,12H,7-8H2,1-2H3,(H2,15,16,19). The molecule has 2 N–H and O–H groups in total. The van der Waals surface area contributed by atoms with Gasteiger partial charge in [-0.15, -0.1) is 0 Å². The highest BCUT2D eigenvalue weighted by atomic mass is 32.1. The summed E-state index contributed by atoms with van der Waals surface area (Å²) >= 11 is 5.18. The predicted molar refractivity (Wildman–Crippen MR) is 79.4 cm³/mol. The van der Waals surface area contributed by atoms with Crippen LogP contribution >= 0.6 is 12.2 Å². The van der Waals surface area contributed by atoms with Crippen molar-refractivity contribution < 1.29 is 9.53 Å². The van der Waals surface area contributed by atoms with Crippen LogP contribution in [0.5, 0.6) is 0 Å². The molecule has 0 atom stereocenters. The monoisotopic (exact) mass is 278 g/mol. The number of hydrogen-bond acceptors (Lipinski definition) is 3. The first-order chi connectivity index (χ1) is 9.04. The van der Waals surface area contributed by atoms with Crippen LogP contribution in [0.1, 0.15) is 37.0 Å². The van der Waals surface area contributed by atoms with Crippen LogP contribution in [-0.4, -0.2) is 23.2 Å². The van der Waals surface area contributed by atoms with E-state index in [0.29, 0.717) is 16.7 Å². The van der Waals surface area contributed by atoms with E-state index < -0.39 is 0 Å². The number of hydrogen-bond donors (Lipinski definition) is 2. The van der Waals surface area contributed by atoms with Crippen molar-refractivity contribution >= 4 is 29.0 Å². The van der Waals surface area contributed by atoms with E-state index in [0.717, 1.165) is 5.69 Å². The molecule has 1 aliphatic rings. The number of carbonyl (C=O) groups excluding carboxylic acids is 1. The van der Waals surface area contributed by atoms with Crippen LogP contribution in [0.25, 0.3) is 0 Å². The third-order valence-corrected chi connectivity index (χ3v) is 2.85. The van der Waals surface area contributed by atoms with E-state index in [1.807, 2.05) is 26.0 Å². The summed E-state index contributed by atoms with van der Waals surface area (Å²) in [6.45, 7) is 3.66. The van der Waals surface area contributed by atoms with Gasteiger partial charge in [0.2, 0.25) is 0 Å². The molecule has 0 radical (unpaired) electrons. The lowest BCUT2D eigenvalue weighted by Gasteiger charge is -2.11. The molecule has 1 saturated carbocycles. The topological polar surface area (TPSA) is 50.4 Å². The Bertz CT molecular complexity index is 467. The molecule has 1 fully saturated rings. The molecule has 19 heavy (non-hydrogen) atoms. The number of thiocarbonyl (C=S) groups is 1. The summed E-state index contributed by atoms with van der Waals surface area (Å²) < 4.78 is 5.12. The average Bonchev–Trinajstić information content (AvgIpc) is 3.12. The summed E-state index contributed by atoms with van der Waals surface area (Å²) in [4.78, 5) is 11.7. The molecule has 0 aromatic heterocycles. The van der Waals surface area contributed by atoms with Gasteiger partial charge < -0.3 is 15.4 Å². The number of ether oxygens (including phenoxy) is 1. The third-order valence-electron chi connectivity index (χ3n) is 2.63. The molecule has 1 aromatic rings. The highest BCUT2D eigenvalue weighted by molar-refractivity contribution is 7.80. The lowest BCUT2D eigenvalue weighted by molar-refractivity contribution is 0.0378. The van der Waals surface area contributed by atoms with Crippen LogP contribution in [0, 0.1) is 0 Å². The zero-order chi connectivity index (χ0) is 13.8. The summed E-state index contributed by atoms with van der Waals surface area (Å²) in [7, 11) is 0. The van der Waals surface area contributed by atoms with Crippen molar-refractivity contribution in [3.8, 4) is 0 Å². The van der Waals surface area contributed by atoms with Gasteiger partial charge in [-0.2, -0.15) is 0 Å². The first kappa shape index (κ1) is 13.8. The summed E-state index contributed by atoms with van der Waals surface area (Å²) in [6, 6.07) is 7.62.